The number of hydrogen-bond donors (Lipinski definition) is 2. The molecular formula is C7H10N4O. The Morgan fingerprint density at radius 1 is 1.75 bits per heavy atom. The minimum absolute atomic E-state index is 0.342. The van der Waals surface area contributed by atoms with Crippen LogP contribution in [0, 0.1) is 0 Å². The summed E-state index contributed by atoms with van der Waals surface area (Å²) in [5.74, 6) is 0.284. The Bertz CT molecular complexity index is 317. The summed E-state index contributed by atoms with van der Waals surface area (Å²) in [4.78, 5) is 14.8. The van der Waals surface area contributed by atoms with Crippen LogP contribution >= 0.6 is 0 Å². The van der Waals surface area contributed by atoms with Gasteiger partial charge >= 0.3 is 0 Å². The van der Waals surface area contributed by atoms with Crippen LogP contribution in [-0.2, 0) is 6.54 Å². The Morgan fingerprint density at radius 3 is 3.33 bits per heavy atom. The zero-order chi connectivity index (χ0) is 8.55. The molecule has 0 fully saturated rings. The molecule has 64 valence electrons. The van der Waals surface area contributed by atoms with E-state index in [1.807, 2.05) is 4.57 Å². The maximum Gasteiger partial charge on any atom is 0.271 e. The Labute approximate surface area is 69.6 Å². The molecular weight excluding hydrogens is 156 g/mol. The predicted molar refractivity (Wildman–Crippen MR) is 43.9 cm³/mol. The second kappa shape index (κ2) is 2.51. The molecule has 0 aliphatic carbocycles. The van der Waals surface area contributed by atoms with E-state index in [1.165, 1.54) is 0 Å². The molecule has 5 nitrogen and oxygen atoms in total. The van der Waals surface area contributed by atoms with E-state index in [1.54, 1.807) is 6.33 Å². The standard InChI is InChI=1S/C7H10N4O/c8-6(12)5-7-9-2-1-3-11(7)4-10-5/h4,9H,1-3H2,(H2,8,12). The van der Waals surface area contributed by atoms with Gasteiger partial charge in [0.25, 0.3) is 5.91 Å². The van der Waals surface area contributed by atoms with Crippen molar-refractivity contribution in [2.75, 3.05) is 11.9 Å². The van der Waals surface area contributed by atoms with Crippen molar-refractivity contribution in [3.05, 3.63) is 12.0 Å². The monoisotopic (exact) mass is 166 g/mol. The number of carbonyl (C=O) groups is 1. The number of hydrogen-bond acceptors (Lipinski definition) is 3. The third kappa shape index (κ3) is 0.939. The van der Waals surface area contributed by atoms with E-state index in [-0.39, 0.29) is 0 Å². The lowest BCUT2D eigenvalue weighted by Gasteiger charge is -2.16. The van der Waals surface area contributed by atoms with Crippen LogP contribution in [0.3, 0.4) is 0 Å². The first-order valence-electron chi connectivity index (χ1n) is 3.88. The van der Waals surface area contributed by atoms with Gasteiger partial charge in [0, 0.05) is 13.1 Å². The number of rotatable bonds is 1. The molecule has 0 spiro atoms. The quantitative estimate of drug-likeness (QED) is 0.606. The predicted octanol–water partition coefficient (Wildman–Crippen LogP) is -0.202. The molecule has 1 amide bonds. The van der Waals surface area contributed by atoms with Crippen LogP contribution in [0.5, 0.6) is 0 Å². The van der Waals surface area contributed by atoms with Gasteiger partial charge in [0.1, 0.15) is 5.82 Å². The van der Waals surface area contributed by atoms with Gasteiger partial charge in [-0.25, -0.2) is 4.98 Å². The van der Waals surface area contributed by atoms with Crippen molar-refractivity contribution in [3.63, 3.8) is 0 Å². The second-order valence-electron chi connectivity index (χ2n) is 2.78. The van der Waals surface area contributed by atoms with Crippen LogP contribution in [0.2, 0.25) is 0 Å². The Kier molecular flexibility index (Phi) is 1.49. The topological polar surface area (TPSA) is 72.9 Å². The lowest BCUT2D eigenvalue weighted by Crippen LogP contribution is -2.20. The first-order chi connectivity index (χ1) is 5.79. The van der Waals surface area contributed by atoms with Gasteiger partial charge in [0.2, 0.25) is 0 Å². The summed E-state index contributed by atoms with van der Waals surface area (Å²) >= 11 is 0. The second-order valence-corrected chi connectivity index (χ2v) is 2.78. The first kappa shape index (κ1) is 7.15. The van der Waals surface area contributed by atoms with Crippen LogP contribution in [0.1, 0.15) is 16.9 Å². The van der Waals surface area contributed by atoms with Crippen molar-refractivity contribution in [3.8, 4) is 0 Å². The SMILES string of the molecule is NC(=O)c1ncn2c1NCCC2. The van der Waals surface area contributed by atoms with E-state index in [2.05, 4.69) is 10.3 Å². The van der Waals surface area contributed by atoms with Crippen molar-refractivity contribution in [2.45, 2.75) is 13.0 Å². The van der Waals surface area contributed by atoms with Gasteiger partial charge in [-0.2, -0.15) is 0 Å². The molecule has 1 aromatic rings. The van der Waals surface area contributed by atoms with Crippen molar-refractivity contribution in [1.82, 2.24) is 9.55 Å². The summed E-state index contributed by atoms with van der Waals surface area (Å²) in [7, 11) is 0. The van der Waals surface area contributed by atoms with E-state index in [4.69, 9.17) is 5.73 Å². The summed E-state index contributed by atoms with van der Waals surface area (Å²) < 4.78 is 1.91. The van der Waals surface area contributed by atoms with Crippen LogP contribution in [0.4, 0.5) is 5.82 Å². The van der Waals surface area contributed by atoms with Crippen LogP contribution < -0.4 is 11.1 Å². The molecule has 0 atom stereocenters. The fourth-order valence-corrected chi connectivity index (χ4v) is 1.37. The summed E-state index contributed by atoms with van der Waals surface area (Å²) in [6, 6.07) is 0. The van der Waals surface area contributed by atoms with Gasteiger partial charge in [-0.05, 0) is 6.42 Å². The van der Waals surface area contributed by atoms with Crippen LogP contribution in [0.15, 0.2) is 6.33 Å². The van der Waals surface area contributed by atoms with E-state index >= 15 is 0 Å². The van der Waals surface area contributed by atoms with Crippen molar-refractivity contribution in [1.29, 1.82) is 0 Å². The number of imidazole rings is 1. The molecule has 0 saturated heterocycles. The van der Waals surface area contributed by atoms with E-state index in [0.29, 0.717) is 5.69 Å². The van der Waals surface area contributed by atoms with E-state index in [0.717, 1.165) is 25.3 Å². The number of primary amides is 1. The fraction of sp³-hybridized carbons (Fsp3) is 0.429. The zero-order valence-electron chi connectivity index (χ0n) is 6.58. The summed E-state index contributed by atoms with van der Waals surface area (Å²) in [6.45, 7) is 1.79. The number of nitrogens with zero attached hydrogens (tertiary/aromatic N) is 2. The smallest absolute Gasteiger partial charge is 0.271 e. The lowest BCUT2D eigenvalue weighted by molar-refractivity contribution is 0.0996. The summed E-state index contributed by atoms with van der Waals surface area (Å²) in [6.07, 6.45) is 2.70. The number of nitrogens with two attached hydrogens (primary N) is 1. The average Bonchev–Trinajstić information content (AvgIpc) is 2.47. The molecule has 3 N–H and O–H groups in total. The molecule has 1 aliphatic rings. The number of aryl methyl sites for hydroxylation is 1. The molecule has 0 unspecified atom stereocenters. The largest absolute Gasteiger partial charge is 0.369 e. The highest BCUT2D eigenvalue weighted by Crippen LogP contribution is 2.17. The number of aromatic nitrogens is 2. The van der Waals surface area contributed by atoms with Gasteiger partial charge in [0.05, 0.1) is 6.33 Å². The van der Waals surface area contributed by atoms with Crippen LogP contribution in [-0.4, -0.2) is 22.0 Å². The highest BCUT2D eigenvalue weighted by Gasteiger charge is 2.17. The molecule has 5 heteroatoms. The van der Waals surface area contributed by atoms with Crippen molar-refractivity contribution < 1.29 is 4.79 Å². The molecule has 2 heterocycles. The number of anilines is 1. The van der Waals surface area contributed by atoms with Gasteiger partial charge in [0.15, 0.2) is 5.69 Å². The van der Waals surface area contributed by atoms with Gasteiger partial charge in [-0.3, -0.25) is 4.79 Å². The average molecular weight is 166 g/mol. The summed E-state index contributed by atoms with van der Waals surface area (Å²) in [5.41, 5.74) is 5.47. The van der Waals surface area contributed by atoms with Gasteiger partial charge in [-0.1, -0.05) is 0 Å². The number of carbonyl (C=O) groups excluding carboxylic acids is 1. The number of nitrogens with one attached hydrogen (secondary N) is 1. The lowest BCUT2D eigenvalue weighted by atomic mass is 10.3. The maximum atomic E-state index is 10.8. The molecule has 1 aromatic heterocycles. The highest BCUT2D eigenvalue weighted by molar-refractivity contribution is 5.95. The first-order valence-corrected chi connectivity index (χ1v) is 3.88. The fourth-order valence-electron chi connectivity index (χ4n) is 1.37. The Hall–Kier alpha value is -1.52. The molecule has 2 rings (SSSR count). The van der Waals surface area contributed by atoms with Crippen molar-refractivity contribution in [2.24, 2.45) is 5.73 Å². The van der Waals surface area contributed by atoms with Gasteiger partial charge in [-0.15, -0.1) is 0 Å². The Balaban J connectivity index is 2.44. The molecule has 1 aliphatic heterocycles. The van der Waals surface area contributed by atoms with E-state index in [9.17, 15) is 4.79 Å². The summed E-state index contributed by atoms with van der Waals surface area (Å²) in [5, 5.41) is 3.09. The third-order valence-electron chi connectivity index (χ3n) is 1.94. The molecule has 0 saturated carbocycles. The van der Waals surface area contributed by atoms with Crippen molar-refractivity contribution >= 4 is 11.7 Å². The maximum absolute atomic E-state index is 10.8. The number of amides is 1. The molecule has 0 bridgehead atoms. The molecule has 0 aromatic carbocycles. The zero-order valence-corrected chi connectivity index (χ0v) is 6.58. The molecule has 12 heavy (non-hydrogen) atoms. The van der Waals surface area contributed by atoms with E-state index < -0.39 is 5.91 Å². The minimum atomic E-state index is -0.474. The Morgan fingerprint density at radius 2 is 2.58 bits per heavy atom. The van der Waals surface area contributed by atoms with Gasteiger partial charge < -0.3 is 15.6 Å². The normalized spacial score (nSPS) is 15.0. The molecule has 0 radical (unpaired) electrons. The highest BCUT2D eigenvalue weighted by atomic mass is 16.1. The minimum Gasteiger partial charge on any atom is -0.369 e. The van der Waals surface area contributed by atoms with Crippen LogP contribution in [0.25, 0.3) is 0 Å². The number of fused-ring (bicyclic) bond motifs is 1. The third-order valence-corrected chi connectivity index (χ3v) is 1.94.